The van der Waals surface area contributed by atoms with Gasteiger partial charge >= 0.3 is 6.03 Å². The molecule has 1 unspecified atom stereocenters. The molecule has 2 rings (SSSR count). The quantitative estimate of drug-likeness (QED) is 0.337. The zero-order valence-corrected chi connectivity index (χ0v) is 11.2. The molecule has 1 fully saturated rings. The molecule has 1 aliphatic rings. The molecule has 7 nitrogen and oxygen atoms in total. The highest BCUT2D eigenvalue weighted by Gasteiger charge is 2.31. The molecule has 2 amide bonds. The number of carbonyl (C=O) groups excluding carboxylic acids is 1. The van der Waals surface area contributed by atoms with E-state index in [4.69, 9.17) is 15.7 Å². The topological polar surface area (TPSA) is 100 Å². The monoisotopic (exact) mass is 278 g/mol. The number of nitrogens with one attached hydrogen (secondary N) is 1. The lowest BCUT2D eigenvalue weighted by Gasteiger charge is -2.23. The number of urea groups is 1. The molecule has 0 bridgehead atoms. The van der Waals surface area contributed by atoms with Gasteiger partial charge in [-0.2, -0.15) is 0 Å². The van der Waals surface area contributed by atoms with E-state index in [1.807, 2.05) is 0 Å². The van der Waals surface area contributed by atoms with Gasteiger partial charge in [0.05, 0.1) is 13.2 Å². The van der Waals surface area contributed by atoms with E-state index in [1.54, 1.807) is 36.3 Å². The predicted molar refractivity (Wildman–Crippen MR) is 75.1 cm³/mol. The average Bonchev–Trinajstić information content (AvgIpc) is 2.96. The first-order chi connectivity index (χ1) is 9.65. The van der Waals surface area contributed by atoms with Crippen LogP contribution in [0, 0.1) is 0 Å². The molecule has 1 aliphatic heterocycles. The Labute approximate surface area is 117 Å². The summed E-state index contributed by atoms with van der Waals surface area (Å²) in [5.41, 5.74) is 6.27. The summed E-state index contributed by atoms with van der Waals surface area (Å²) in [6, 6.07) is 6.43. The summed E-state index contributed by atoms with van der Waals surface area (Å²) in [5.74, 6) is 0.783. The highest BCUT2D eigenvalue weighted by molar-refractivity contribution is 5.95. The zero-order chi connectivity index (χ0) is 14.5. The van der Waals surface area contributed by atoms with Gasteiger partial charge in [-0.05, 0) is 37.1 Å². The molecule has 0 aliphatic carbocycles. The van der Waals surface area contributed by atoms with Crippen LogP contribution in [-0.2, 0) is 0 Å². The molecule has 20 heavy (non-hydrogen) atoms. The van der Waals surface area contributed by atoms with Gasteiger partial charge in [-0.3, -0.25) is 0 Å². The van der Waals surface area contributed by atoms with Gasteiger partial charge < -0.3 is 25.9 Å². The summed E-state index contributed by atoms with van der Waals surface area (Å²) < 4.78 is 5.05. The van der Waals surface area contributed by atoms with E-state index in [9.17, 15) is 4.79 Å². The van der Waals surface area contributed by atoms with Crippen molar-refractivity contribution in [3.05, 3.63) is 24.3 Å². The molecule has 1 atom stereocenters. The van der Waals surface area contributed by atoms with Gasteiger partial charge in [0.2, 0.25) is 0 Å². The Morgan fingerprint density at radius 1 is 1.50 bits per heavy atom. The zero-order valence-electron chi connectivity index (χ0n) is 11.2. The van der Waals surface area contributed by atoms with E-state index in [0.717, 1.165) is 12.2 Å². The van der Waals surface area contributed by atoms with Crippen molar-refractivity contribution in [1.82, 2.24) is 4.90 Å². The fourth-order valence-corrected chi connectivity index (χ4v) is 2.25. The van der Waals surface area contributed by atoms with Crippen molar-refractivity contribution in [3.63, 3.8) is 0 Å². The average molecular weight is 278 g/mol. The summed E-state index contributed by atoms with van der Waals surface area (Å²) in [6.07, 6.45) is 1.53. The van der Waals surface area contributed by atoms with Crippen molar-refractivity contribution in [2.45, 2.75) is 18.9 Å². The second-order valence-corrected chi connectivity index (χ2v) is 4.53. The molecule has 0 aromatic heterocycles. The summed E-state index contributed by atoms with van der Waals surface area (Å²) in [5, 5.41) is 14.5. The van der Waals surface area contributed by atoms with E-state index in [0.29, 0.717) is 18.7 Å². The maximum Gasteiger partial charge on any atom is 0.322 e. The standard InChI is InChI=1S/C13H18N4O3/c1-20-10-6-4-9(5-7-10)15-13(18)17-8-2-3-11(17)12(14)16-19/h4-7,11,19H,2-3,8H2,1H3,(H2,14,16)(H,15,18). The number of methoxy groups -OCH3 is 1. The van der Waals surface area contributed by atoms with Crippen LogP contribution in [-0.4, -0.2) is 41.7 Å². The Morgan fingerprint density at radius 2 is 2.20 bits per heavy atom. The number of nitrogens with two attached hydrogens (primary N) is 1. The number of likely N-dealkylation sites (tertiary alicyclic amines) is 1. The van der Waals surface area contributed by atoms with E-state index in [-0.39, 0.29) is 17.9 Å². The molecule has 1 aromatic carbocycles. The van der Waals surface area contributed by atoms with Crippen LogP contribution in [0.15, 0.2) is 29.4 Å². The summed E-state index contributed by atoms with van der Waals surface area (Å²) in [7, 11) is 1.58. The number of rotatable bonds is 3. The van der Waals surface area contributed by atoms with Crippen molar-refractivity contribution >= 4 is 17.6 Å². The van der Waals surface area contributed by atoms with Gasteiger partial charge in [0.25, 0.3) is 0 Å². The Balaban J connectivity index is 2.03. The van der Waals surface area contributed by atoms with Crippen molar-refractivity contribution in [3.8, 4) is 5.75 Å². The Morgan fingerprint density at radius 3 is 2.80 bits per heavy atom. The van der Waals surface area contributed by atoms with Crippen molar-refractivity contribution in [1.29, 1.82) is 0 Å². The third kappa shape index (κ3) is 2.93. The molecule has 1 saturated heterocycles. The van der Waals surface area contributed by atoms with Gasteiger partial charge in [0.15, 0.2) is 5.84 Å². The Bertz CT molecular complexity index is 501. The molecule has 0 spiro atoms. The normalized spacial score (nSPS) is 18.9. The highest BCUT2D eigenvalue weighted by atomic mass is 16.5. The van der Waals surface area contributed by atoms with Gasteiger partial charge in [0.1, 0.15) is 5.75 Å². The van der Waals surface area contributed by atoms with Crippen LogP contribution in [0.5, 0.6) is 5.75 Å². The fourth-order valence-electron chi connectivity index (χ4n) is 2.25. The first-order valence-electron chi connectivity index (χ1n) is 6.35. The van der Waals surface area contributed by atoms with Crippen LogP contribution in [0.1, 0.15) is 12.8 Å². The number of hydrogen-bond donors (Lipinski definition) is 3. The summed E-state index contributed by atoms with van der Waals surface area (Å²) >= 11 is 0. The van der Waals surface area contributed by atoms with Crippen LogP contribution in [0.4, 0.5) is 10.5 Å². The molecular weight excluding hydrogens is 260 g/mol. The summed E-state index contributed by atoms with van der Waals surface area (Å²) in [4.78, 5) is 13.8. The molecule has 0 radical (unpaired) electrons. The minimum atomic E-state index is -0.349. The second kappa shape index (κ2) is 6.14. The molecular formula is C13H18N4O3. The maximum atomic E-state index is 12.2. The lowest BCUT2D eigenvalue weighted by molar-refractivity contribution is 0.215. The number of amidine groups is 1. The SMILES string of the molecule is COc1ccc(NC(=O)N2CCCC2C(N)=NO)cc1. The minimum Gasteiger partial charge on any atom is -0.497 e. The van der Waals surface area contributed by atoms with Crippen LogP contribution < -0.4 is 15.8 Å². The van der Waals surface area contributed by atoms with E-state index >= 15 is 0 Å². The van der Waals surface area contributed by atoms with Crippen LogP contribution in [0.2, 0.25) is 0 Å². The largest absolute Gasteiger partial charge is 0.497 e. The first kappa shape index (κ1) is 14.0. The Hall–Kier alpha value is -2.44. The van der Waals surface area contributed by atoms with Crippen LogP contribution in [0.25, 0.3) is 0 Å². The minimum absolute atomic E-state index is 0.0624. The predicted octanol–water partition coefficient (Wildman–Crippen LogP) is 1.44. The fraction of sp³-hybridized carbons (Fsp3) is 0.385. The highest BCUT2D eigenvalue weighted by Crippen LogP contribution is 2.20. The van der Waals surface area contributed by atoms with Gasteiger partial charge in [0, 0.05) is 12.2 Å². The number of carbonyl (C=O) groups is 1. The van der Waals surface area contributed by atoms with Crippen LogP contribution >= 0.6 is 0 Å². The van der Waals surface area contributed by atoms with Gasteiger partial charge in [-0.1, -0.05) is 5.16 Å². The summed E-state index contributed by atoms with van der Waals surface area (Å²) in [6.45, 7) is 0.586. The van der Waals surface area contributed by atoms with Crippen molar-refractivity contribution in [2.24, 2.45) is 10.9 Å². The molecule has 1 heterocycles. The smallest absolute Gasteiger partial charge is 0.322 e. The molecule has 4 N–H and O–H groups in total. The van der Waals surface area contributed by atoms with Crippen molar-refractivity contribution < 1.29 is 14.7 Å². The number of nitrogens with zero attached hydrogens (tertiary/aromatic N) is 2. The number of anilines is 1. The molecule has 1 aromatic rings. The molecule has 7 heteroatoms. The lowest BCUT2D eigenvalue weighted by atomic mass is 10.2. The number of amides is 2. The van der Waals surface area contributed by atoms with Gasteiger partial charge in [-0.25, -0.2) is 4.79 Å². The third-order valence-electron chi connectivity index (χ3n) is 3.31. The van der Waals surface area contributed by atoms with E-state index < -0.39 is 0 Å². The van der Waals surface area contributed by atoms with Crippen molar-refractivity contribution in [2.75, 3.05) is 19.0 Å². The van der Waals surface area contributed by atoms with Gasteiger partial charge in [-0.15, -0.1) is 0 Å². The number of oxime groups is 1. The lowest BCUT2D eigenvalue weighted by Crippen LogP contribution is -2.45. The number of benzene rings is 1. The van der Waals surface area contributed by atoms with E-state index in [1.165, 1.54) is 0 Å². The molecule has 108 valence electrons. The number of ether oxygens (including phenoxy) is 1. The number of hydrogen-bond acceptors (Lipinski definition) is 4. The second-order valence-electron chi connectivity index (χ2n) is 4.53. The maximum absolute atomic E-state index is 12.2. The van der Waals surface area contributed by atoms with E-state index in [2.05, 4.69) is 10.5 Å². The first-order valence-corrected chi connectivity index (χ1v) is 6.35. The Kier molecular flexibility index (Phi) is 4.29. The third-order valence-corrected chi connectivity index (χ3v) is 3.31. The van der Waals surface area contributed by atoms with Crippen LogP contribution in [0.3, 0.4) is 0 Å². The molecule has 0 saturated carbocycles.